The second-order valence-electron chi connectivity index (χ2n) is 7.10. The number of hydrogen-bond donors (Lipinski definition) is 7. The summed E-state index contributed by atoms with van der Waals surface area (Å²) in [6.45, 7) is -0.323. The number of phosphoric acid groups is 3. The van der Waals surface area contributed by atoms with Crippen LogP contribution in [0.3, 0.4) is 0 Å². The number of phosphoric ester groups is 1. The molecule has 8 N–H and O–H groups in total. The number of hydrogen-bond acceptors (Lipinski definition) is 11. The quantitative estimate of drug-likeness (QED) is 0.0967. The fourth-order valence-electron chi connectivity index (χ4n) is 2.85. The van der Waals surface area contributed by atoms with E-state index in [0.717, 1.165) is 17.2 Å². The van der Waals surface area contributed by atoms with E-state index in [1.807, 2.05) is 4.98 Å². The van der Waals surface area contributed by atoms with Gasteiger partial charge in [-0.1, -0.05) is 11.8 Å². The summed E-state index contributed by atoms with van der Waals surface area (Å²) in [7, 11) is -16.6. The average Bonchev–Trinajstić information content (AvgIpc) is 3.05. The fourth-order valence-corrected chi connectivity index (χ4v) is 5.90. The number of aromatic amines is 1. The molecule has 20 heteroatoms. The Balaban J connectivity index is 2.07. The lowest BCUT2D eigenvalue weighted by molar-refractivity contribution is -0.0524. The molecule has 0 aliphatic carbocycles. The molecule has 17 nitrogen and oxygen atoms in total. The summed E-state index contributed by atoms with van der Waals surface area (Å²) in [6.07, 6.45) is -1.10. The zero-order valence-corrected chi connectivity index (χ0v) is 20.5. The van der Waals surface area contributed by atoms with Crippen molar-refractivity contribution in [2.24, 2.45) is 5.73 Å². The van der Waals surface area contributed by atoms with Crippen molar-refractivity contribution >= 4 is 23.5 Å². The Morgan fingerprint density at radius 1 is 1.14 bits per heavy atom. The maximum atomic E-state index is 12.2. The summed E-state index contributed by atoms with van der Waals surface area (Å²) in [6, 6.07) is 0. The van der Waals surface area contributed by atoms with Crippen LogP contribution >= 0.6 is 23.5 Å². The van der Waals surface area contributed by atoms with Gasteiger partial charge in [-0.3, -0.25) is 18.9 Å². The normalized spacial score (nSPS) is 23.8. The smallest absolute Gasteiger partial charge is 0.388 e. The van der Waals surface area contributed by atoms with E-state index >= 15 is 0 Å². The van der Waals surface area contributed by atoms with Crippen molar-refractivity contribution in [2.75, 3.05) is 13.2 Å². The molecular formula is C15H24N3O14P3. The Morgan fingerprint density at radius 2 is 1.83 bits per heavy atom. The van der Waals surface area contributed by atoms with Crippen LogP contribution in [0.1, 0.15) is 37.5 Å². The van der Waals surface area contributed by atoms with Gasteiger partial charge in [0, 0.05) is 19.0 Å². The molecule has 5 atom stereocenters. The molecule has 1 fully saturated rings. The van der Waals surface area contributed by atoms with Crippen LogP contribution in [0.25, 0.3) is 0 Å². The summed E-state index contributed by atoms with van der Waals surface area (Å²) in [5.74, 6) is 5.38. The number of ether oxygens (including phenoxy) is 1. The van der Waals surface area contributed by atoms with Crippen molar-refractivity contribution < 1.29 is 56.3 Å². The Bertz CT molecular complexity index is 1210. The number of aromatic nitrogens is 2. The van der Waals surface area contributed by atoms with Crippen LogP contribution < -0.4 is 17.0 Å². The van der Waals surface area contributed by atoms with Crippen molar-refractivity contribution in [3.63, 3.8) is 0 Å². The largest absolute Gasteiger partial charge is 0.490 e. The van der Waals surface area contributed by atoms with E-state index in [1.165, 1.54) is 0 Å². The van der Waals surface area contributed by atoms with Gasteiger partial charge in [-0.15, -0.1) is 0 Å². The second kappa shape index (κ2) is 12.2. The lowest BCUT2D eigenvalue weighted by atomic mass is 10.2. The minimum atomic E-state index is -5.69. The highest BCUT2D eigenvalue weighted by Gasteiger charge is 2.42. The summed E-state index contributed by atoms with van der Waals surface area (Å²) < 4.78 is 51.8. The lowest BCUT2D eigenvalue weighted by Crippen LogP contribution is -2.36. The highest BCUT2D eigenvalue weighted by atomic mass is 31.3. The molecule has 0 radical (unpaired) electrons. The van der Waals surface area contributed by atoms with E-state index in [0.29, 0.717) is 19.4 Å². The van der Waals surface area contributed by atoms with Crippen LogP contribution in [0.15, 0.2) is 15.8 Å². The molecule has 0 saturated carbocycles. The van der Waals surface area contributed by atoms with E-state index in [-0.39, 0.29) is 12.0 Å². The maximum Gasteiger partial charge on any atom is 0.490 e. The third-order valence-electron chi connectivity index (χ3n) is 4.23. The van der Waals surface area contributed by atoms with Crippen molar-refractivity contribution in [1.82, 2.24) is 9.55 Å². The fraction of sp³-hybridized carbons (Fsp3) is 0.600. The molecule has 1 aliphatic rings. The molecule has 1 aromatic rings. The van der Waals surface area contributed by atoms with Crippen LogP contribution in [-0.2, 0) is 31.6 Å². The molecule has 198 valence electrons. The molecule has 1 aliphatic heterocycles. The Hall–Kier alpha value is -1.47. The summed E-state index contributed by atoms with van der Waals surface area (Å²) >= 11 is 0. The zero-order chi connectivity index (χ0) is 26.4. The highest BCUT2D eigenvalue weighted by Crippen LogP contribution is 2.66. The first-order chi connectivity index (χ1) is 16.1. The minimum Gasteiger partial charge on any atom is -0.388 e. The molecule has 0 bridgehead atoms. The first-order valence-electron chi connectivity index (χ1n) is 9.79. The molecule has 0 spiro atoms. The van der Waals surface area contributed by atoms with E-state index in [1.54, 1.807) is 0 Å². The molecule has 2 unspecified atom stereocenters. The van der Waals surface area contributed by atoms with Gasteiger partial charge >= 0.3 is 29.2 Å². The van der Waals surface area contributed by atoms with Gasteiger partial charge in [0.2, 0.25) is 0 Å². The number of nitrogens with one attached hydrogen (secondary N) is 1. The Kier molecular flexibility index (Phi) is 10.4. The highest BCUT2D eigenvalue weighted by molar-refractivity contribution is 7.66. The van der Waals surface area contributed by atoms with Crippen molar-refractivity contribution in [1.29, 1.82) is 0 Å². The number of aliphatic hydroxyl groups excluding tert-OH is 1. The third kappa shape index (κ3) is 9.83. The van der Waals surface area contributed by atoms with Gasteiger partial charge in [-0.25, -0.2) is 18.5 Å². The summed E-state index contributed by atoms with van der Waals surface area (Å²) in [5.41, 5.74) is 3.63. The standard InChI is InChI=1S/C15H24N3O14P3/c16-6-4-2-1-3-5-10-8-18(15(21)17-13(10)20)14-12(19)7-11(30-14)9-29-34(25,26)32-35(27,28)31-33(22,23)24/h8,11-12,14,19H,1-2,4,6-7,9,16H2,(H,25,26)(H,27,28)(H,17,20,21)(H2,22,23,24)/t11-,12+,14+/m0/s1. The van der Waals surface area contributed by atoms with Gasteiger partial charge in [-0.2, -0.15) is 8.62 Å². The molecular weight excluding hydrogens is 539 g/mol. The summed E-state index contributed by atoms with van der Waals surface area (Å²) in [5, 5.41) is 10.3. The van der Waals surface area contributed by atoms with E-state index in [4.69, 9.17) is 25.2 Å². The molecule has 35 heavy (non-hydrogen) atoms. The molecule has 2 rings (SSSR count). The number of rotatable bonds is 11. The number of nitrogens with zero attached hydrogens (tertiary/aromatic N) is 1. The van der Waals surface area contributed by atoms with Gasteiger partial charge in [0.05, 0.1) is 12.7 Å². The SMILES string of the molecule is NCCCCC#Cc1cn([C@@H]2O[C@H](COP(=O)(O)OP(=O)(O)OP(=O)(O)O)C[C@H]2O)c(=O)[nH]c1=O. The van der Waals surface area contributed by atoms with Crippen molar-refractivity contribution in [3.05, 3.63) is 32.6 Å². The number of H-pyrrole nitrogens is 1. The lowest BCUT2D eigenvalue weighted by Gasteiger charge is -2.19. The summed E-state index contributed by atoms with van der Waals surface area (Å²) in [4.78, 5) is 61.9. The van der Waals surface area contributed by atoms with Crippen LogP contribution in [0, 0.1) is 11.8 Å². The molecule has 2 heterocycles. The van der Waals surface area contributed by atoms with Crippen molar-refractivity contribution in [2.45, 2.75) is 44.1 Å². The third-order valence-corrected chi connectivity index (χ3v) is 8.03. The molecule has 1 saturated heterocycles. The van der Waals surface area contributed by atoms with E-state index < -0.39 is 59.8 Å². The molecule has 0 amide bonds. The van der Waals surface area contributed by atoms with Crippen LogP contribution in [-0.4, -0.2) is 59.6 Å². The number of nitrogens with two attached hydrogens (primary N) is 1. The van der Waals surface area contributed by atoms with E-state index in [2.05, 4.69) is 25.0 Å². The number of unbranched alkanes of at least 4 members (excludes halogenated alkanes) is 2. The van der Waals surface area contributed by atoms with Gasteiger partial charge in [0.1, 0.15) is 11.7 Å². The maximum absolute atomic E-state index is 12.2. The predicted molar refractivity (Wildman–Crippen MR) is 115 cm³/mol. The van der Waals surface area contributed by atoms with Gasteiger partial charge in [-0.05, 0) is 19.4 Å². The zero-order valence-electron chi connectivity index (χ0n) is 17.8. The second-order valence-corrected chi connectivity index (χ2v) is 11.5. The number of aliphatic hydroxyl groups is 1. The minimum absolute atomic E-state index is 0.0788. The van der Waals surface area contributed by atoms with Crippen LogP contribution in [0.5, 0.6) is 0 Å². The topological polar surface area (TPSA) is 270 Å². The van der Waals surface area contributed by atoms with E-state index in [9.17, 15) is 33.3 Å². The van der Waals surface area contributed by atoms with Gasteiger partial charge in [0.15, 0.2) is 6.23 Å². The van der Waals surface area contributed by atoms with Crippen molar-refractivity contribution in [3.8, 4) is 11.8 Å². The monoisotopic (exact) mass is 563 g/mol. The van der Waals surface area contributed by atoms with Crippen LogP contribution in [0.4, 0.5) is 0 Å². The first kappa shape index (κ1) is 29.8. The molecule has 1 aromatic heterocycles. The van der Waals surface area contributed by atoms with Gasteiger partial charge < -0.3 is 35.2 Å². The first-order valence-corrected chi connectivity index (χ1v) is 14.3. The van der Waals surface area contributed by atoms with Gasteiger partial charge in [0.25, 0.3) is 5.56 Å². The molecule has 0 aromatic carbocycles. The predicted octanol–water partition coefficient (Wildman–Crippen LogP) is -0.991. The Morgan fingerprint density at radius 3 is 2.46 bits per heavy atom. The Labute approximate surface area is 197 Å². The van der Waals surface area contributed by atoms with Crippen LogP contribution in [0.2, 0.25) is 0 Å². The average molecular weight is 563 g/mol.